The summed E-state index contributed by atoms with van der Waals surface area (Å²) in [4.78, 5) is 47.9. The number of benzene rings is 1. The Bertz CT molecular complexity index is 744. The number of carboxylic acid groups (broad SMARTS) is 1. The van der Waals surface area contributed by atoms with Gasteiger partial charge in [-0.2, -0.15) is 5.01 Å². The Kier molecular flexibility index (Phi) is 7.31. The molecule has 0 radical (unpaired) electrons. The maximum absolute atomic E-state index is 12.7. The number of hydrazine groups is 1. The van der Waals surface area contributed by atoms with E-state index < -0.39 is 35.7 Å². The third kappa shape index (κ3) is 5.67. The molecule has 0 aromatic heterocycles. The Morgan fingerprint density at radius 3 is 2.43 bits per heavy atom. The van der Waals surface area contributed by atoms with E-state index in [4.69, 9.17) is 0 Å². The van der Waals surface area contributed by atoms with Crippen LogP contribution in [0, 0.1) is 17.8 Å². The first-order valence-corrected chi connectivity index (χ1v) is 9.15. The smallest absolute Gasteiger partial charge is 0.343 e. The van der Waals surface area contributed by atoms with Crippen LogP contribution in [0.3, 0.4) is 0 Å². The average molecular weight is 387 g/mol. The zero-order valence-electron chi connectivity index (χ0n) is 15.9. The minimum absolute atomic E-state index is 0.0545. The van der Waals surface area contributed by atoms with Gasteiger partial charge < -0.3 is 10.4 Å². The molecule has 0 saturated carbocycles. The van der Waals surface area contributed by atoms with Crippen molar-refractivity contribution < 1.29 is 24.3 Å². The first kappa shape index (κ1) is 21.1. The number of carbonyl (C=O) groups excluding carboxylic acids is 3. The van der Waals surface area contributed by atoms with Crippen LogP contribution in [0.2, 0.25) is 0 Å². The first-order valence-electron chi connectivity index (χ1n) is 9.15. The molecule has 1 aromatic carbocycles. The summed E-state index contributed by atoms with van der Waals surface area (Å²) in [5.41, 5.74) is 3.20. The van der Waals surface area contributed by atoms with Crippen molar-refractivity contribution in [1.82, 2.24) is 15.8 Å². The monoisotopic (exact) mass is 387 g/mol. The van der Waals surface area contributed by atoms with Crippen LogP contribution in [0.15, 0.2) is 36.4 Å². The number of carboxylic acids is 1. The summed E-state index contributed by atoms with van der Waals surface area (Å²) in [5, 5.41) is 12.6. The zero-order valence-corrected chi connectivity index (χ0v) is 15.9. The molecule has 1 aliphatic heterocycles. The lowest BCUT2D eigenvalue weighted by Gasteiger charge is -2.25. The summed E-state index contributed by atoms with van der Waals surface area (Å²) >= 11 is 0. The van der Waals surface area contributed by atoms with Crippen molar-refractivity contribution >= 4 is 29.9 Å². The second-order valence-corrected chi connectivity index (χ2v) is 7.09. The van der Waals surface area contributed by atoms with Crippen molar-refractivity contribution in [3.05, 3.63) is 42.0 Å². The third-order valence-corrected chi connectivity index (χ3v) is 4.43. The van der Waals surface area contributed by atoms with Gasteiger partial charge in [-0.25, -0.2) is 4.79 Å². The Balaban J connectivity index is 2.15. The van der Waals surface area contributed by atoms with Gasteiger partial charge in [-0.15, -0.1) is 0 Å². The van der Waals surface area contributed by atoms with Crippen LogP contribution in [-0.4, -0.2) is 40.5 Å². The molecule has 3 N–H and O–H groups in total. The van der Waals surface area contributed by atoms with Gasteiger partial charge in [0.25, 0.3) is 5.91 Å². The summed E-state index contributed by atoms with van der Waals surface area (Å²) in [7, 11) is 0. The number of nitrogens with one attached hydrogen (secondary N) is 2. The van der Waals surface area contributed by atoms with E-state index in [0.29, 0.717) is 11.4 Å². The van der Waals surface area contributed by atoms with Crippen molar-refractivity contribution in [3.8, 4) is 0 Å². The van der Waals surface area contributed by atoms with Crippen molar-refractivity contribution in [2.75, 3.05) is 6.54 Å². The molecule has 1 fully saturated rings. The molecule has 28 heavy (non-hydrogen) atoms. The van der Waals surface area contributed by atoms with E-state index in [1.807, 2.05) is 44.2 Å². The lowest BCUT2D eigenvalue weighted by atomic mass is 9.82. The van der Waals surface area contributed by atoms with Gasteiger partial charge in [-0.05, 0) is 24.3 Å². The Hall–Kier alpha value is -3.16. The number of aliphatic carboxylic acids is 1. The number of rotatable bonds is 9. The quantitative estimate of drug-likeness (QED) is 0.561. The van der Waals surface area contributed by atoms with E-state index in [-0.39, 0.29) is 18.9 Å². The molecule has 8 heteroatoms. The lowest BCUT2D eigenvalue weighted by molar-refractivity contribution is -0.149. The summed E-state index contributed by atoms with van der Waals surface area (Å²) in [6, 6.07) is 8.70. The molecule has 4 amide bonds. The third-order valence-electron chi connectivity index (χ3n) is 4.43. The van der Waals surface area contributed by atoms with Crippen LogP contribution >= 0.6 is 0 Å². The second kappa shape index (κ2) is 9.68. The topological polar surface area (TPSA) is 116 Å². The normalized spacial score (nSPS) is 16.3. The van der Waals surface area contributed by atoms with Gasteiger partial charge in [0.2, 0.25) is 5.91 Å². The lowest BCUT2D eigenvalue weighted by Crippen LogP contribution is -2.50. The van der Waals surface area contributed by atoms with Gasteiger partial charge in [-0.1, -0.05) is 56.3 Å². The molecular formula is C20H25N3O5. The first-order chi connectivity index (χ1) is 13.3. The number of amides is 4. The van der Waals surface area contributed by atoms with Crippen molar-refractivity contribution in [3.63, 3.8) is 0 Å². The molecule has 1 aliphatic rings. The minimum atomic E-state index is -1.10. The van der Waals surface area contributed by atoms with Gasteiger partial charge in [-0.3, -0.25) is 19.8 Å². The zero-order chi connectivity index (χ0) is 20.7. The summed E-state index contributed by atoms with van der Waals surface area (Å²) in [6.07, 6.45) is 3.99. The summed E-state index contributed by atoms with van der Waals surface area (Å²) in [5.74, 6) is -4.16. The molecule has 0 bridgehead atoms. The highest BCUT2D eigenvalue weighted by Crippen LogP contribution is 2.25. The Labute approximate surface area is 163 Å². The standard InChI is InChI=1S/C20H25N3O5/c1-13(2)11-16(18(25)22-23-17(24)12-21-20(23)28)15(19(26)27)10-6-9-14-7-4-3-5-8-14/h3-9,13,15-16H,10-12H2,1-2H3,(H,21,28)(H,22,25)(H,26,27)/b9-6+/t15-,16+/m0/s1. The molecule has 0 aliphatic carbocycles. The van der Waals surface area contributed by atoms with Crippen LogP contribution in [0.5, 0.6) is 0 Å². The van der Waals surface area contributed by atoms with E-state index in [9.17, 15) is 24.3 Å². The highest BCUT2D eigenvalue weighted by molar-refractivity contribution is 6.03. The average Bonchev–Trinajstić information content (AvgIpc) is 2.96. The van der Waals surface area contributed by atoms with E-state index in [2.05, 4.69) is 10.7 Å². The van der Waals surface area contributed by atoms with E-state index >= 15 is 0 Å². The number of hydrogen-bond acceptors (Lipinski definition) is 4. The number of urea groups is 1. The van der Waals surface area contributed by atoms with E-state index in [1.54, 1.807) is 12.2 Å². The van der Waals surface area contributed by atoms with Crippen LogP contribution in [0.1, 0.15) is 32.3 Å². The number of hydrogen-bond donors (Lipinski definition) is 3. The predicted molar refractivity (Wildman–Crippen MR) is 103 cm³/mol. The highest BCUT2D eigenvalue weighted by Gasteiger charge is 2.37. The second-order valence-electron chi connectivity index (χ2n) is 7.09. The largest absolute Gasteiger partial charge is 0.481 e. The maximum Gasteiger partial charge on any atom is 0.343 e. The molecular weight excluding hydrogens is 362 g/mol. The number of nitrogens with zero attached hydrogens (tertiary/aromatic N) is 1. The van der Waals surface area contributed by atoms with Crippen molar-refractivity contribution in [2.24, 2.45) is 17.8 Å². The van der Waals surface area contributed by atoms with Crippen LogP contribution in [0.4, 0.5) is 4.79 Å². The van der Waals surface area contributed by atoms with Gasteiger partial charge in [0.15, 0.2) is 0 Å². The molecule has 0 unspecified atom stereocenters. The SMILES string of the molecule is CC(C)C[C@@H](C(=O)NN1C(=O)CNC1=O)[C@H](C/C=C/c1ccccc1)C(=O)O. The fourth-order valence-corrected chi connectivity index (χ4v) is 3.04. The molecule has 8 nitrogen and oxygen atoms in total. The van der Waals surface area contributed by atoms with Crippen LogP contribution in [-0.2, 0) is 14.4 Å². The number of carbonyl (C=O) groups is 4. The molecule has 1 heterocycles. The fourth-order valence-electron chi connectivity index (χ4n) is 3.04. The number of imide groups is 1. The molecule has 150 valence electrons. The van der Waals surface area contributed by atoms with Gasteiger partial charge in [0.05, 0.1) is 11.8 Å². The van der Waals surface area contributed by atoms with Gasteiger partial charge in [0.1, 0.15) is 6.54 Å². The van der Waals surface area contributed by atoms with E-state index in [1.165, 1.54) is 0 Å². The molecule has 2 rings (SSSR count). The molecule has 1 aromatic rings. The van der Waals surface area contributed by atoms with Crippen molar-refractivity contribution in [1.29, 1.82) is 0 Å². The molecule has 0 spiro atoms. The minimum Gasteiger partial charge on any atom is -0.481 e. The number of allylic oxidation sites excluding steroid dienone is 1. The Morgan fingerprint density at radius 1 is 1.21 bits per heavy atom. The van der Waals surface area contributed by atoms with Gasteiger partial charge >= 0.3 is 12.0 Å². The summed E-state index contributed by atoms with van der Waals surface area (Å²) < 4.78 is 0. The molecule has 1 saturated heterocycles. The fraction of sp³-hybridized carbons (Fsp3) is 0.400. The van der Waals surface area contributed by atoms with E-state index in [0.717, 1.165) is 5.56 Å². The van der Waals surface area contributed by atoms with Crippen LogP contribution < -0.4 is 10.7 Å². The Morgan fingerprint density at radius 2 is 1.89 bits per heavy atom. The summed E-state index contributed by atoms with van der Waals surface area (Å²) in [6.45, 7) is 3.57. The maximum atomic E-state index is 12.7. The van der Waals surface area contributed by atoms with Crippen molar-refractivity contribution in [2.45, 2.75) is 26.7 Å². The van der Waals surface area contributed by atoms with Gasteiger partial charge in [0, 0.05) is 0 Å². The van der Waals surface area contributed by atoms with Crippen LogP contribution in [0.25, 0.3) is 6.08 Å². The predicted octanol–water partition coefficient (Wildman–Crippen LogP) is 2.04. The molecule has 2 atom stereocenters. The highest BCUT2D eigenvalue weighted by atomic mass is 16.4.